The van der Waals surface area contributed by atoms with Crippen LogP contribution < -0.4 is 0 Å². The Morgan fingerprint density at radius 3 is 1.77 bits per heavy atom. The second-order valence-corrected chi connectivity index (χ2v) is 4.45. The Kier molecular flexibility index (Phi) is 10.8. The van der Waals surface area contributed by atoms with Gasteiger partial charge in [-0.1, -0.05) is 13.0 Å². The zero-order valence-electron chi connectivity index (χ0n) is 13.8. The maximum atomic E-state index is 11.9. The van der Waals surface area contributed by atoms with Gasteiger partial charge in [-0.3, -0.25) is 9.59 Å². The highest BCUT2D eigenvalue weighted by Gasteiger charge is 2.30. The van der Waals surface area contributed by atoms with Crippen LogP contribution in [0.15, 0.2) is 11.6 Å². The molecule has 0 N–H and O–H groups in total. The minimum atomic E-state index is -1.02. The Bertz CT molecular complexity index is 381. The lowest BCUT2D eigenvalue weighted by Gasteiger charge is -2.15. The van der Waals surface area contributed by atoms with Gasteiger partial charge in [0, 0.05) is 5.57 Å². The van der Waals surface area contributed by atoms with Crippen LogP contribution in [0.1, 0.15) is 47.0 Å². The SMILES string of the molecule is CC/C=C(\CCC(C(=O)OCC)C(=O)OCC)C(=O)OCC. The quantitative estimate of drug-likeness (QED) is 0.267. The van der Waals surface area contributed by atoms with Crippen LogP contribution in [0.2, 0.25) is 0 Å². The van der Waals surface area contributed by atoms with Crippen molar-refractivity contribution in [2.75, 3.05) is 19.8 Å². The van der Waals surface area contributed by atoms with E-state index in [-0.39, 0.29) is 32.7 Å². The van der Waals surface area contributed by atoms with Crippen molar-refractivity contribution in [1.82, 2.24) is 0 Å². The molecule has 0 aliphatic rings. The third-order valence-corrected chi connectivity index (χ3v) is 2.83. The van der Waals surface area contributed by atoms with E-state index in [0.29, 0.717) is 12.0 Å². The first-order valence-electron chi connectivity index (χ1n) is 7.71. The summed E-state index contributed by atoms with van der Waals surface area (Å²) in [5, 5.41) is 0. The van der Waals surface area contributed by atoms with E-state index in [1.165, 1.54) is 0 Å². The summed E-state index contributed by atoms with van der Waals surface area (Å²) in [6.45, 7) is 7.60. The summed E-state index contributed by atoms with van der Waals surface area (Å²) in [6, 6.07) is 0. The molecule has 22 heavy (non-hydrogen) atoms. The molecule has 0 atom stereocenters. The molecule has 0 spiro atoms. The average Bonchev–Trinajstić information content (AvgIpc) is 2.47. The van der Waals surface area contributed by atoms with E-state index in [9.17, 15) is 14.4 Å². The Morgan fingerprint density at radius 2 is 1.36 bits per heavy atom. The van der Waals surface area contributed by atoms with Gasteiger partial charge in [-0.2, -0.15) is 0 Å². The van der Waals surface area contributed by atoms with Crippen LogP contribution in [0.25, 0.3) is 0 Å². The molecular weight excluding hydrogens is 288 g/mol. The predicted octanol–water partition coefficient (Wildman–Crippen LogP) is 2.41. The summed E-state index contributed by atoms with van der Waals surface area (Å²) in [6.07, 6.45) is 2.82. The van der Waals surface area contributed by atoms with E-state index in [1.807, 2.05) is 6.92 Å². The zero-order chi connectivity index (χ0) is 17.0. The number of carbonyl (C=O) groups excluding carboxylic acids is 3. The van der Waals surface area contributed by atoms with Gasteiger partial charge in [-0.05, 0) is 40.0 Å². The normalized spacial score (nSPS) is 11.2. The third kappa shape index (κ3) is 7.24. The molecule has 6 heteroatoms. The van der Waals surface area contributed by atoms with Crippen LogP contribution >= 0.6 is 0 Å². The summed E-state index contributed by atoms with van der Waals surface area (Å²) in [4.78, 5) is 35.5. The molecule has 0 amide bonds. The van der Waals surface area contributed by atoms with Crippen molar-refractivity contribution in [3.63, 3.8) is 0 Å². The topological polar surface area (TPSA) is 78.9 Å². The zero-order valence-corrected chi connectivity index (χ0v) is 13.8. The smallest absolute Gasteiger partial charge is 0.333 e. The van der Waals surface area contributed by atoms with Gasteiger partial charge >= 0.3 is 17.9 Å². The van der Waals surface area contributed by atoms with E-state index in [4.69, 9.17) is 14.2 Å². The molecule has 0 saturated heterocycles. The first-order chi connectivity index (χ1) is 10.5. The highest BCUT2D eigenvalue weighted by molar-refractivity contribution is 5.95. The molecule has 0 heterocycles. The van der Waals surface area contributed by atoms with Gasteiger partial charge in [-0.15, -0.1) is 0 Å². The van der Waals surface area contributed by atoms with E-state index in [2.05, 4.69) is 0 Å². The first kappa shape index (κ1) is 20.1. The first-order valence-corrected chi connectivity index (χ1v) is 7.71. The number of carbonyl (C=O) groups is 3. The van der Waals surface area contributed by atoms with E-state index in [1.54, 1.807) is 26.8 Å². The molecular formula is C16H26O6. The fourth-order valence-corrected chi connectivity index (χ4v) is 1.88. The van der Waals surface area contributed by atoms with E-state index >= 15 is 0 Å². The summed E-state index contributed by atoms with van der Waals surface area (Å²) in [5.74, 6) is -2.69. The van der Waals surface area contributed by atoms with Gasteiger partial charge in [0.25, 0.3) is 0 Å². The fraction of sp³-hybridized carbons (Fsp3) is 0.688. The van der Waals surface area contributed by atoms with Gasteiger partial charge in [0.1, 0.15) is 0 Å². The van der Waals surface area contributed by atoms with Crippen LogP contribution in [-0.2, 0) is 28.6 Å². The molecule has 0 bridgehead atoms. The minimum Gasteiger partial charge on any atom is -0.465 e. The molecule has 0 aromatic heterocycles. The standard InChI is InChI=1S/C16H26O6/c1-5-9-12(14(17)20-6-2)10-11-13(15(18)21-7-3)16(19)22-8-4/h9,13H,5-8,10-11H2,1-4H3/b12-9+. The predicted molar refractivity (Wildman–Crippen MR) is 81.0 cm³/mol. The lowest BCUT2D eigenvalue weighted by Crippen LogP contribution is -2.28. The van der Waals surface area contributed by atoms with Gasteiger partial charge in [0.2, 0.25) is 0 Å². The van der Waals surface area contributed by atoms with Crippen molar-refractivity contribution >= 4 is 17.9 Å². The number of ether oxygens (including phenoxy) is 3. The van der Waals surface area contributed by atoms with E-state index in [0.717, 1.165) is 0 Å². The lowest BCUT2D eigenvalue weighted by molar-refractivity contribution is -0.162. The van der Waals surface area contributed by atoms with Crippen molar-refractivity contribution in [1.29, 1.82) is 0 Å². The summed E-state index contributed by atoms with van der Waals surface area (Å²) >= 11 is 0. The Morgan fingerprint density at radius 1 is 0.864 bits per heavy atom. The molecule has 6 nitrogen and oxygen atoms in total. The summed E-state index contributed by atoms with van der Waals surface area (Å²) < 4.78 is 14.8. The third-order valence-electron chi connectivity index (χ3n) is 2.83. The van der Waals surface area contributed by atoms with Gasteiger partial charge < -0.3 is 14.2 Å². The Labute approximate surface area is 131 Å². The Balaban J connectivity index is 4.90. The van der Waals surface area contributed by atoms with Gasteiger partial charge in [-0.25, -0.2) is 4.79 Å². The van der Waals surface area contributed by atoms with Crippen LogP contribution in [0.5, 0.6) is 0 Å². The molecule has 0 aliphatic carbocycles. The monoisotopic (exact) mass is 314 g/mol. The van der Waals surface area contributed by atoms with Gasteiger partial charge in [0.15, 0.2) is 5.92 Å². The molecule has 0 aromatic rings. The van der Waals surface area contributed by atoms with Crippen molar-refractivity contribution in [3.8, 4) is 0 Å². The molecule has 126 valence electrons. The van der Waals surface area contributed by atoms with Crippen molar-refractivity contribution in [2.45, 2.75) is 47.0 Å². The number of hydrogen-bond acceptors (Lipinski definition) is 6. The molecule has 0 radical (unpaired) electrons. The van der Waals surface area contributed by atoms with Crippen LogP contribution in [0, 0.1) is 5.92 Å². The second-order valence-electron chi connectivity index (χ2n) is 4.45. The maximum absolute atomic E-state index is 11.9. The molecule has 0 fully saturated rings. The number of allylic oxidation sites excluding steroid dienone is 1. The van der Waals surface area contributed by atoms with Crippen LogP contribution in [0.4, 0.5) is 0 Å². The molecule has 0 unspecified atom stereocenters. The molecule has 0 aromatic carbocycles. The fourth-order valence-electron chi connectivity index (χ4n) is 1.88. The summed E-state index contributed by atoms with van der Waals surface area (Å²) in [5.41, 5.74) is 0.461. The average molecular weight is 314 g/mol. The van der Waals surface area contributed by atoms with Crippen molar-refractivity contribution in [3.05, 3.63) is 11.6 Å². The maximum Gasteiger partial charge on any atom is 0.333 e. The Hall–Kier alpha value is -1.85. The summed E-state index contributed by atoms with van der Waals surface area (Å²) in [7, 11) is 0. The van der Waals surface area contributed by atoms with Crippen LogP contribution in [-0.4, -0.2) is 37.7 Å². The van der Waals surface area contributed by atoms with Crippen LogP contribution in [0.3, 0.4) is 0 Å². The highest BCUT2D eigenvalue weighted by Crippen LogP contribution is 2.17. The van der Waals surface area contributed by atoms with Gasteiger partial charge in [0.05, 0.1) is 19.8 Å². The lowest BCUT2D eigenvalue weighted by atomic mass is 9.99. The minimum absolute atomic E-state index is 0.155. The number of rotatable bonds is 10. The van der Waals surface area contributed by atoms with Crippen molar-refractivity contribution in [2.24, 2.45) is 5.92 Å². The molecule has 0 aliphatic heterocycles. The second kappa shape index (κ2) is 11.8. The number of esters is 3. The highest BCUT2D eigenvalue weighted by atomic mass is 16.6. The molecule has 0 saturated carbocycles. The number of hydrogen-bond donors (Lipinski definition) is 0. The van der Waals surface area contributed by atoms with E-state index < -0.39 is 23.8 Å². The largest absolute Gasteiger partial charge is 0.465 e. The van der Waals surface area contributed by atoms with Crippen molar-refractivity contribution < 1.29 is 28.6 Å². The molecule has 0 rings (SSSR count).